The van der Waals surface area contributed by atoms with Gasteiger partial charge in [0.1, 0.15) is 0 Å². The lowest BCUT2D eigenvalue weighted by molar-refractivity contribution is -0.123. The van der Waals surface area contributed by atoms with E-state index in [9.17, 15) is 19.4 Å². The fourth-order valence-electron chi connectivity index (χ4n) is 6.44. The Kier molecular flexibility index (Phi) is 38.9. The fraction of sp³-hybridized carbons (Fsp3) is 0.884. The third-order valence-electron chi connectivity index (χ3n) is 9.78. The van der Waals surface area contributed by atoms with E-state index in [0.717, 1.165) is 38.5 Å². The second-order valence-corrected chi connectivity index (χ2v) is 16.4. The molecule has 0 aliphatic heterocycles. The normalized spacial score (nSPS) is 14.3. The van der Waals surface area contributed by atoms with Gasteiger partial charge in [-0.05, 0) is 32.1 Å². The Bertz CT molecular complexity index is 871. The molecule has 3 unspecified atom stereocenters. The van der Waals surface area contributed by atoms with Crippen molar-refractivity contribution >= 4 is 13.7 Å². The lowest BCUT2D eigenvalue weighted by Gasteiger charge is -2.23. The molecule has 52 heavy (non-hydrogen) atoms. The highest BCUT2D eigenvalue weighted by Crippen LogP contribution is 2.43. The summed E-state index contributed by atoms with van der Waals surface area (Å²) in [5.41, 5.74) is 5.37. The lowest BCUT2D eigenvalue weighted by atomic mass is 10.0. The first-order valence-corrected chi connectivity index (χ1v) is 23.5. The first-order valence-electron chi connectivity index (χ1n) is 22.0. The Morgan fingerprint density at radius 1 is 0.615 bits per heavy atom. The Balaban J connectivity index is 4.24. The van der Waals surface area contributed by atoms with Gasteiger partial charge in [0, 0.05) is 13.0 Å². The van der Waals surface area contributed by atoms with Crippen LogP contribution >= 0.6 is 7.82 Å². The number of hydrogen-bond donors (Lipinski definition) is 4. The van der Waals surface area contributed by atoms with E-state index < -0.39 is 20.0 Å². The number of phosphoric acid groups is 1. The van der Waals surface area contributed by atoms with Gasteiger partial charge in [-0.15, -0.1) is 0 Å². The smallest absolute Gasteiger partial charge is 0.387 e. The first-order chi connectivity index (χ1) is 25.4. The Hall–Kier alpha value is -1.02. The number of aliphatic hydroxyl groups excluding tert-OH is 1. The highest BCUT2D eigenvalue weighted by atomic mass is 31.2. The molecular weight excluding hydrogens is 671 g/mol. The SMILES string of the molecule is CCCCCCCCCCCCCCC/C=C/CC/C=C/C(O)C(COP(=O)(O)OCCN)NC(=O)CCCCCCCCCCCCCCCC. The highest BCUT2D eigenvalue weighted by Gasteiger charge is 2.26. The predicted molar refractivity (Wildman–Crippen MR) is 221 cm³/mol. The van der Waals surface area contributed by atoms with Crippen LogP contribution in [0.2, 0.25) is 0 Å². The zero-order chi connectivity index (χ0) is 38.2. The lowest BCUT2D eigenvalue weighted by Crippen LogP contribution is -2.45. The molecule has 8 nitrogen and oxygen atoms in total. The van der Waals surface area contributed by atoms with Crippen LogP contribution in [0.25, 0.3) is 0 Å². The Morgan fingerprint density at radius 3 is 1.48 bits per heavy atom. The molecule has 0 rings (SSSR count). The molecule has 3 atom stereocenters. The molecule has 0 spiro atoms. The van der Waals surface area contributed by atoms with Crippen molar-refractivity contribution in [1.82, 2.24) is 5.32 Å². The van der Waals surface area contributed by atoms with Gasteiger partial charge >= 0.3 is 7.82 Å². The molecule has 0 aliphatic rings. The summed E-state index contributed by atoms with van der Waals surface area (Å²) >= 11 is 0. The standard InChI is InChI=1S/C43H85N2O6P/c1-3-5-7-9-11-13-15-17-19-20-21-22-23-24-26-28-30-32-34-36-42(46)41(40-51-52(48,49)50-39-38-44)45-43(47)37-35-33-31-29-27-25-18-16-14-12-10-8-6-4-2/h26,28,34,36,41-42,46H,3-25,27,29-33,35,37-40,44H2,1-2H3,(H,45,47)(H,48,49)/b28-26+,36-34+. The topological polar surface area (TPSA) is 131 Å². The van der Waals surface area contributed by atoms with E-state index in [-0.39, 0.29) is 25.7 Å². The molecule has 0 aromatic carbocycles. The molecule has 5 N–H and O–H groups in total. The van der Waals surface area contributed by atoms with Crippen LogP contribution in [0.4, 0.5) is 0 Å². The van der Waals surface area contributed by atoms with Gasteiger partial charge in [-0.3, -0.25) is 13.8 Å². The van der Waals surface area contributed by atoms with E-state index in [4.69, 9.17) is 14.8 Å². The van der Waals surface area contributed by atoms with Crippen molar-refractivity contribution in [1.29, 1.82) is 0 Å². The third kappa shape index (κ3) is 37.3. The fourth-order valence-corrected chi connectivity index (χ4v) is 7.20. The second kappa shape index (κ2) is 39.7. The number of nitrogens with two attached hydrogens (primary N) is 1. The molecule has 0 aromatic rings. The van der Waals surface area contributed by atoms with Crippen LogP contribution in [0.1, 0.15) is 213 Å². The minimum atomic E-state index is -4.34. The molecule has 0 aromatic heterocycles. The van der Waals surface area contributed by atoms with Gasteiger partial charge in [0.25, 0.3) is 0 Å². The highest BCUT2D eigenvalue weighted by molar-refractivity contribution is 7.47. The monoisotopic (exact) mass is 757 g/mol. The van der Waals surface area contributed by atoms with Crippen LogP contribution in [-0.2, 0) is 18.4 Å². The molecule has 0 fully saturated rings. The number of carbonyl (C=O) groups excluding carboxylic acids is 1. The Morgan fingerprint density at radius 2 is 1.02 bits per heavy atom. The quantitative estimate of drug-likeness (QED) is 0.0277. The summed E-state index contributed by atoms with van der Waals surface area (Å²) in [7, 11) is -4.34. The van der Waals surface area contributed by atoms with Crippen molar-refractivity contribution < 1.29 is 28.4 Å². The first kappa shape index (κ1) is 51.0. The summed E-state index contributed by atoms with van der Waals surface area (Å²) in [6.07, 6.45) is 45.1. The molecule has 9 heteroatoms. The van der Waals surface area contributed by atoms with Crippen LogP contribution in [0.15, 0.2) is 24.3 Å². The third-order valence-corrected chi connectivity index (χ3v) is 10.8. The molecule has 0 bridgehead atoms. The van der Waals surface area contributed by atoms with Crippen molar-refractivity contribution in [2.75, 3.05) is 19.8 Å². The summed E-state index contributed by atoms with van der Waals surface area (Å²) in [5, 5.41) is 13.6. The van der Waals surface area contributed by atoms with E-state index in [1.807, 2.05) is 6.08 Å². The van der Waals surface area contributed by atoms with Gasteiger partial charge in [-0.2, -0.15) is 0 Å². The maximum Gasteiger partial charge on any atom is 0.472 e. The number of amides is 1. The molecule has 308 valence electrons. The largest absolute Gasteiger partial charge is 0.472 e. The molecular formula is C43H85N2O6P. The average molecular weight is 757 g/mol. The number of hydrogen-bond acceptors (Lipinski definition) is 6. The number of nitrogens with one attached hydrogen (secondary N) is 1. The summed E-state index contributed by atoms with van der Waals surface area (Å²) in [4.78, 5) is 22.7. The zero-order valence-electron chi connectivity index (χ0n) is 34.1. The zero-order valence-corrected chi connectivity index (χ0v) is 35.0. The minimum absolute atomic E-state index is 0.0759. The second-order valence-electron chi connectivity index (χ2n) is 14.9. The van der Waals surface area contributed by atoms with Crippen molar-refractivity contribution in [3.05, 3.63) is 24.3 Å². The van der Waals surface area contributed by atoms with Crippen molar-refractivity contribution in [2.45, 2.75) is 225 Å². The van der Waals surface area contributed by atoms with Crippen LogP contribution < -0.4 is 11.1 Å². The minimum Gasteiger partial charge on any atom is -0.387 e. The number of rotatable bonds is 41. The molecule has 0 saturated carbocycles. The van der Waals surface area contributed by atoms with E-state index >= 15 is 0 Å². The summed E-state index contributed by atoms with van der Waals surface area (Å²) in [6.45, 7) is 4.13. The number of phosphoric ester groups is 1. The van der Waals surface area contributed by atoms with E-state index in [1.165, 1.54) is 154 Å². The van der Waals surface area contributed by atoms with Gasteiger partial charge in [-0.25, -0.2) is 4.57 Å². The number of carbonyl (C=O) groups is 1. The summed E-state index contributed by atoms with van der Waals surface area (Å²) in [6, 6.07) is -0.872. The number of unbranched alkanes of at least 4 members (excludes halogenated alkanes) is 27. The van der Waals surface area contributed by atoms with Crippen LogP contribution in [-0.4, -0.2) is 47.8 Å². The molecule has 0 heterocycles. The van der Waals surface area contributed by atoms with Crippen LogP contribution in [0.3, 0.4) is 0 Å². The predicted octanol–water partition coefficient (Wildman–Crippen LogP) is 12.2. The van der Waals surface area contributed by atoms with Crippen LogP contribution in [0, 0.1) is 0 Å². The Labute approximate surface area is 321 Å². The van der Waals surface area contributed by atoms with Crippen LogP contribution in [0.5, 0.6) is 0 Å². The van der Waals surface area contributed by atoms with Crippen molar-refractivity contribution in [2.24, 2.45) is 5.73 Å². The van der Waals surface area contributed by atoms with Gasteiger partial charge in [0.2, 0.25) is 5.91 Å². The van der Waals surface area contributed by atoms with Gasteiger partial charge in [0.05, 0.1) is 25.4 Å². The van der Waals surface area contributed by atoms with E-state index in [1.54, 1.807) is 6.08 Å². The molecule has 0 saturated heterocycles. The summed E-state index contributed by atoms with van der Waals surface area (Å²) in [5.74, 6) is -0.202. The summed E-state index contributed by atoms with van der Waals surface area (Å²) < 4.78 is 22.1. The van der Waals surface area contributed by atoms with Gasteiger partial charge in [0.15, 0.2) is 0 Å². The maximum absolute atomic E-state index is 12.7. The molecule has 0 aliphatic carbocycles. The van der Waals surface area contributed by atoms with Gasteiger partial charge in [-0.1, -0.05) is 199 Å². The maximum atomic E-state index is 12.7. The molecule has 1 amide bonds. The molecule has 0 radical (unpaired) electrons. The number of allylic oxidation sites excluding steroid dienone is 3. The van der Waals surface area contributed by atoms with Crippen molar-refractivity contribution in [3.63, 3.8) is 0 Å². The van der Waals surface area contributed by atoms with E-state index in [0.29, 0.717) is 6.42 Å². The average Bonchev–Trinajstić information content (AvgIpc) is 3.13. The van der Waals surface area contributed by atoms with E-state index in [2.05, 4.69) is 31.3 Å². The van der Waals surface area contributed by atoms with Gasteiger partial charge < -0.3 is 21.1 Å². The number of aliphatic hydroxyl groups is 1. The van der Waals surface area contributed by atoms with Crippen molar-refractivity contribution in [3.8, 4) is 0 Å².